The Morgan fingerprint density at radius 2 is 2.16 bits per heavy atom. The third-order valence-electron chi connectivity index (χ3n) is 2.99. The van der Waals surface area contributed by atoms with Gasteiger partial charge in [0.1, 0.15) is 0 Å². The normalized spacial score (nSPS) is 15.1. The van der Waals surface area contributed by atoms with E-state index >= 15 is 0 Å². The number of rotatable bonds is 3. The molecule has 2 heterocycles. The molecule has 0 bridgehead atoms. The predicted molar refractivity (Wildman–Crippen MR) is 70.5 cm³/mol. The summed E-state index contributed by atoms with van der Waals surface area (Å²) in [6.07, 6.45) is 1.60. The molecular formula is C13H18N4O2. The van der Waals surface area contributed by atoms with Gasteiger partial charge in [-0.05, 0) is 12.1 Å². The highest BCUT2D eigenvalue weighted by Gasteiger charge is 2.18. The summed E-state index contributed by atoms with van der Waals surface area (Å²) in [5.41, 5.74) is 1.31. The first-order valence-electron chi connectivity index (χ1n) is 6.36. The number of amides is 2. The van der Waals surface area contributed by atoms with Gasteiger partial charge in [-0.25, -0.2) is 0 Å². The second kappa shape index (κ2) is 6.29. The zero-order valence-electron chi connectivity index (χ0n) is 11.0. The van der Waals surface area contributed by atoms with Crippen LogP contribution in [0.5, 0.6) is 0 Å². The van der Waals surface area contributed by atoms with Crippen molar-refractivity contribution >= 4 is 11.8 Å². The maximum absolute atomic E-state index is 12.3. The molecule has 1 saturated heterocycles. The van der Waals surface area contributed by atoms with Crippen LogP contribution in [0.15, 0.2) is 18.3 Å². The Morgan fingerprint density at radius 1 is 1.42 bits per heavy atom. The molecule has 0 aliphatic carbocycles. The first-order valence-corrected chi connectivity index (χ1v) is 6.36. The smallest absolute Gasteiger partial charge is 0.254 e. The van der Waals surface area contributed by atoms with E-state index in [1.165, 1.54) is 6.92 Å². The Labute approximate surface area is 112 Å². The van der Waals surface area contributed by atoms with E-state index in [4.69, 9.17) is 0 Å². The summed E-state index contributed by atoms with van der Waals surface area (Å²) in [6.45, 7) is 4.91. The largest absolute Gasteiger partial charge is 0.351 e. The second-order valence-corrected chi connectivity index (χ2v) is 4.49. The van der Waals surface area contributed by atoms with E-state index in [9.17, 15) is 9.59 Å². The van der Waals surface area contributed by atoms with Crippen molar-refractivity contribution in [3.63, 3.8) is 0 Å². The van der Waals surface area contributed by atoms with Crippen LogP contribution in [0.1, 0.15) is 23.0 Å². The van der Waals surface area contributed by atoms with E-state index in [1.54, 1.807) is 18.3 Å². The zero-order valence-corrected chi connectivity index (χ0v) is 11.0. The Balaban J connectivity index is 2.04. The molecule has 1 aliphatic rings. The summed E-state index contributed by atoms with van der Waals surface area (Å²) >= 11 is 0. The van der Waals surface area contributed by atoms with Crippen molar-refractivity contribution in [1.82, 2.24) is 20.5 Å². The lowest BCUT2D eigenvalue weighted by Crippen LogP contribution is -2.46. The molecule has 1 aromatic heterocycles. The summed E-state index contributed by atoms with van der Waals surface area (Å²) in [6, 6.07) is 3.45. The van der Waals surface area contributed by atoms with Gasteiger partial charge in [0.2, 0.25) is 5.91 Å². The Kier molecular flexibility index (Phi) is 4.46. The van der Waals surface area contributed by atoms with Crippen LogP contribution in [-0.2, 0) is 11.3 Å². The van der Waals surface area contributed by atoms with Crippen LogP contribution in [0.3, 0.4) is 0 Å². The monoisotopic (exact) mass is 262 g/mol. The highest BCUT2D eigenvalue weighted by Crippen LogP contribution is 2.07. The number of hydrogen-bond donors (Lipinski definition) is 2. The van der Waals surface area contributed by atoms with Crippen molar-refractivity contribution in [3.05, 3.63) is 29.6 Å². The predicted octanol–water partition coefficient (Wildman–Crippen LogP) is -0.237. The topological polar surface area (TPSA) is 74.3 Å². The zero-order chi connectivity index (χ0) is 13.7. The van der Waals surface area contributed by atoms with Crippen LogP contribution in [0, 0.1) is 0 Å². The summed E-state index contributed by atoms with van der Waals surface area (Å²) in [7, 11) is 0. The third-order valence-corrected chi connectivity index (χ3v) is 2.99. The van der Waals surface area contributed by atoms with Gasteiger partial charge in [-0.1, -0.05) is 0 Å². The maximum Gasteiger partial charge on any atom is 0.254 e. The van der Waals surface area contributed by atoms with E-state index < -0.39 is 0 Å². The Bertz CT molecular complexity index is 469. The summed E-state index contributed by atoms with van der Waals surface area (Å²) in [5, 5.41) is 5.88. The van der Waals surface area contributed by atoms with E-state index in [0.29, 0.717) is 17.8 Å². The SMILES string of the molecule is CC(=O)NCc1cc(C(=O)N2CCNCC2)ccn1. The van der Waals surface area contributed by atoms with Crippen LogP contribution >= 0.6 is 0 Å². The molecule has 1 fully saturated rings. The highest BCUT2D eigenvalue weighted by atomic mass is 16.2. The van der Waals surface area contributed by atoms with Gasteiger partial charge < -0.3 is 15.5 Å². The molecule has 0 unspecified atom stereocenters. The number of hydrogen-bond acceptors (Lipinski definition) is 4. The molecule has 0 saturated carbocycles. The number of aromatic nitrogens is 1. The standard InChI is InChI=1S/C13H18N4O2/c1-10(18)16-9-12-8-11(2-3-15-12)13(19)17-6-4-14-5-7-17/h2-3,8,14H,4-7,9H2,1H3,(H,16,18). The average Bonchev–Trinajstić information content (AvgIpc) is 2.45. The van der Waals surface area contributed by atoms with Gasteiger partial charge in [0.25, 0.3) is 5.91 Å². The van der Waals surface area contributed by atoms with Crippen LogP contribution in [0.2, 0.25) is 0 Å². The fourth-order valence-corrected chi connectivity index (χ4v) is 1.97. The molecular weight excluding hydrogens is 244 g/mol. The Morgan fingerprint density at radius 3 is 2.84 bits per heavy atom. The van der Waals surface area contributed by atoms with Crippen molar-refractivity contribution in [2.75, 3.05) is 26.2 Å². The molecule has 2 rings (SSSR count). The van der Waals surface area contributed by atoms with Crippen molar-refractivity contribution in [3.8, 4) is 0 Å². The number of piperazine rings is 1. The van der Waals surface area contributed by atoms with Gasteiger partial charge in [-0.2, -0.15) is 0 Å². The Hall–Kier alpha value is -1.95. The van der Waals surface area contributed by atoms with Crippen molar-refractivity contribution < 1.29 is 9.59 Å². The van der Waals surface area contributed by atoms with Gasteiger partial charge in [-0.15, -0.1) is 0 Å². The van der Waals surface area contributed by atoms with Crippen molar-refractivity contribution in [2.45, 2.75) is 13.5 Å². The quantitative estimate of drug-likeness (QED) is 0.788. The van der Waals surface area contributed by atoms with E-state index in [-0.39, 0.29) is 11.8 Å². The minimum Gasteiger partial charge on any atom is -0.351 e. The molecule has 0 aromatic carbocycles. The molecule has 0 radical (unpaired) electrons. The molecule has 1 aromatic rings. The number of nitrogens with zero attached hydrogens (tertiary/aromatic N) is 2. The summed E-state index contributed by atoms with van der Waals surface area (Å²) in [4.78, 5) is 29.1. The first kappa shape index (κ1) is 13.5. The minimum absolute atomic E-state index is 0.0213. The molecule has 102 valence electrons. The summed E-state index contributed by atoms with van der Waals surface area (Å²) < 4.78 is 0. The fraction of sp³-hybridized carbons (Fsp3) is 0.462. The number of nitrogens with one attached hydrogen (secondary N) is 2. The lowest BCUT2D eigenvalue weighted by atomic mass is 10.2. The van der Waals surface area contributed by atoms with Crippen LogP contribution < -0.4 is 10.6 Å². The molecule has 1 aliphatic heterocycles. The molecule has 19 heavy (non-hydrogen) atoms. The lowest BCUT2D eigenvalue weighted by Gasteiger charge is -2.27. The number of pyridine rings is 1. The van der Waals surface area contributed by atoms with Gasteiger partial charge in [-0.3, -0.25) is 14.6 Å². The lowest BCUT2D eigenvalue weighted by molar-refractivity contribution is -0.119. The van der Waals surface area contributed by atoms with Gasteiger partial charge >= 0.3 is 0 Å². The first-order chi connectivity index (χ1) is 9.16. The highest BCUT2D eigenvalue weighted by molar-refractivity contribution is 5.94. The van der Waals surface area contributed by atoms with Crippen LogP contribution in [-0.4, -0.2) is 47.9 Å². The number of carbonyl (C=O) groups is 2. The van der Waals surface area contributed by atoms with Crippen LogP contribution in [0.25, 0.3) is 0 Å². The van der Waals surface area contributed by atoms with Crippen molar-refractivity contribution in [1.29, 1.82) is 0 Å². The van der Waals surface area contributed by atoms with E-state index in [1.807, 2.05) is 4.90 Å². The van der Waals surface area contributed by atoms with Gasteiger partial charge in [0.15, 0.2) is 0 Å². The van der Waals surface area contributed by atoms with E-state index in [0.717, 1.165) is 26.2 Å². The second-order valence-electron chi connectivity index (χ2n) is 4.49. The number of carbonyl (C=O) groups excluding carboxylic acids is 2. The minimum atomic E-state index is -0.111. The molecule has 6 nitrogen and oxygen atoms in total. The summed E-state index contributed by atoms with van der Waals surface area (Å²) in [5.74, 6) is -0.0893. The maximum atomic E-state index is 12.3. The molecule has 0 atom stereocenters. The molecule has 2 amide bonds. The molecule has 0 spiro atoms. The van der Waals surface area contributed by atoms with Crippen LogP contribution in [0.4, 0.5) is 0 Å². The molecule has 6 heteroatoms. The third kappa shape index (κ3) is 3.75. The molecule has 2 N–H and O–H groups in total. The average molecular weight is 262 g/mol. The fourth-order valence-electron chi connectivity index (χ4n) is 1.97. The van der Waals surface area contributed by atoms with E-state index in [2.05, 4.69) is 15.6 Å². The van der Waals surface area contributed by atoms with Gasteiger partial charge in [0.05, 0.1) is 12.2 Å². The van der Waals surface area contributed by atoms with Gasteiger partial charge in [0, 0.05) is 44.9 Å². The van der Waals surface area contributed by atoms with Crippen molar-refractivity contribution in [2.24, 2.45) is 0 Å².